The van der Waals surface area contributed by atoms with Gasteiger partial charge in [-0.1, -0.05) is 0 Å². The van der Waals surface area contributed by atoms with Crippen molar-refractivity contribution in [3.8, 4) is 5.75 Å². The number of carbonyl (C=O) groups excluding carboxylic acids is 1. The van der Waals surface area contributed by atoms with Crippen molar-refractivity contribution in [3.05, 3.63) is 14.2 Å². The van der Waals surface area contributed by atoms with Crippen molar-refractivity contribution in [2.24, 2.45) is 0 Å². The van der Waals surface area contributed by atoms with Crippen LogP contribution in [0.3, 0.4) is 0 Å². The third kappa shape index (κ3) is 3.79. The van der Waals surface area contributed by atoms with Gasteiger partial charge in [-0.15, -0.1) is 11.3 Å². The van der Waals surface area contributed by atoms with Crippen LogP contribution >= 0.6 is 27.3 Å². The highest BCUT2D eigenvalue weighted by Gasteiger charge is 2.20. The summed E-state index contributed by atoms with van der Waals surface area (Å²) in [6.07, 6.45) is 1.61. The Balaban J connectivity index is 2.75. The quantitative estimate of drug-likeness (QED) is 0.891. The average Bonchev–Trinajstić information content (AvgIpc) is 2.54. The fourth-order valence-electron chi connectivity index (χ4n) is 1.22. The van der Waals surface area contributed by atoms with Crippen LogP contribution in [0.15, 0.2) is 4.47 Å². The Labute approximate surface area is 115 Å². The predicted octanol–water partition coefficient (Wildman–Crippen LogP) is 1.94. The van der Waals surface area contributed by atoms with E-state index in [9.17, 15) is 9.00 Å². The molecule has 96 valence electrons. The van der Waals surface area contributed by atoms with E-state index in [1.165, 1.54) is 18.4 Å². The molecule has 0 aromatic carbocycles. The summed E-state index contributed by atoms with van der Waals surface area (Å²) in [4.78, 5) is 13.4. The standard InChI is InChI=1S/C10H14BrNO3S2/c1-6-7(11)8(15-2)9(16-6)10(13)12-4-5-17(3)14/h4-5H2,1-3H3,(H,12,13)/t17-/m1/s1. The second kappa shape index (κ2) is 6.51. The van der Waals surface area contributed by atoms with E-state index in [1.807, 2.05) is 6.92 Å². The Morgan fingerprint density at radius 3 is 2.76 bits per heavy atom. The summed E-state index contributed by atoms with van der Waals surface area (Å²) in [6.45, 7) is 2.31. The molecule has 1 amide bonds. The van der Waals surface area contributed by atoms with Crippen molar-refractivity contribution >= 4 is 44.0 Å². The monoisotopic (exact) mass is 339 g/mol. The number of amides is 1. The number of hydrogen-bond donors (Lipinski definition) is 1. The first-order valence-corrected chi connectivity index (χ1v) is 8.22. The zero-order chi connectivity index (χ0) is 13.0. The maximum atomic E-state index is 11.9. The fourth-order valence-corrected chi connectivity index (χ4v) is 3.28. The molecule has 17 heavy (non-hydrogen) atoms. The molecule has 1 heterocycles. The Kier molecular flexibility index (Phi) is 5.61. The zero-order valence-corrected chi connectivity index (χ0v) is 13.1. The highest BCUT2D eigenvalue weighted by atomic mass is 79.9. The summed E-state index contributed by atoms with van der Waals surface area (Å²) in [5, 5.41) is 2.72. The first-order valence-electron chi connectivity index (χ1n) is 4.88. The molecule has 0 bridgehead atoms. The Morgan fingerprint density at radius 2 is 2.24 bits per heavy atom. The maximum absolute atomic E-state index is 11.9. The number of methoxy groups -OCH3 is 1. The van der Waals surface area contributed by atoms with Crippen LogP contribution in [0.1, 0.15) is 14.5 Å². The first-order chi connectivity index (χ1) is 7.97. The van der Waals surface area contributed by atoms with E-state index in [0.717, 1.165) is 9.35 Å². The van der Waals surface area contributed by atoms with Gasteiger partial charge in [-0.25, -0.2) is 0 Å². The normalized spacial score (nSPS) is 12.2. The van der Waals surface area contributed by atoms with Gasteiger partial charge < -0.3 is 10.1 Å². The van der Waals surface area contributed by atoms with Crippen LogP contribution in [0, 0.1) is 6.92 Å². The molecule has 1 atom stereocenters. The largest absolute Gasteiger partial charge is 0.494 e. The van der Waals surface area contributed by atoms with Gasteiger partial charge in [-0.2, -0.15) is 0 Å². The van der Waals surface area contributed by atoms with Crippen molar-refractivity contribution in [2.45, 2.75) is 6.92 Å². The lowest BCUT2D eigenvalue weighted by Crippen LogP contribution is -2.27. The summed E-state index contributed by atoms with van der Waals surface area (Å²) in [6, 6.07) is 0. The van der Waals surface area contributed by atoms with Crippen molar-refractivity contribution < 1.29 is 13.7 Å². The van der Waals surface area contributed by atoms with Gasteiger partial charge >= 0.3 is 0 Å². The number of hydrogen-bond acceptors (Lipinski definition) is 4. The number of nitrogens with one attached hydrogen (secondary N) is 1. The van der Waals surface area contributed by atoms with Gasteiger partial charge in [0.1, 0.15) is 4.88 Å². The van der Waals surface area contributed by atoms with Gasteiger partial charge in [0.15, 0.2) is 5.75 Å². The molecule has 0 fully saturated rings. The predicted molar refractivity (Wildman–Crippen MR) is 74.6 cm³/mol. The lowest BCUT2D eigenvalue weighted by molar-refractivity contribution is 0.0957. The van der Waals surface area contributed by atoms with Crippen molar-refractivity contribution in [1.82, 2.24) is 5.32 Å². The lowest BCUT2D eigenvalue weighted by Gasteiger charge is -2.04. The van der Waals surface area contributed by atoms with Gasteiger partial charge in [-0.3, -0.25) is 9.00 Å². The van der Waals surface area contributed by atoms with Gasteiger partial charge in [-0.05, 0) is 22.9 Å². The molecule has 0 aliphatic carbocycles. The summed E-state index contributed by atoms with van der Waals surface area (Å²) in [5.41, 5.74) is 0. The number of carbonyl (C=O) groups is 1. The SMILES string of the molecule is COc1c(C(=O)NCC[S@@](C)=O)sc(C)c1Br. The van der Waals surface area contributed by atoms with Crippen molar-refractivity contribution in [2.75, 3.05) is 25.7 Å². The van der Waals surface area contributed by atoms with E-state index >= 15 is 0 Å². The van der Waals surface area contributed by atoms with Crippen LogP contribution in [0.2, 0.25) is 0 Å². The molecule has 0 spiro atoms. The van der Waals surface area contributed by atoms with Crippen molar-refractivity contribution in [1.29, 1.82) is 0 Å². The molecule has 0 unspecified atom stereocenters. The summed E-state index contributed by atoms with van der Waals surface area (Å²) in [5.74, 6) is 0.827. The molecule has 1 N–H and O–H groups in total. The first kappa shape index (κ1) is 14.7. The average molecular weight is 340 g/mol. The number of aryl methyl sites for hydroxylation is 1. The van der Waals surface area contributed by atoms with Crippen LogP contribution in [0.4, 0.5) is 0 Å². The van der Waals surface area contributed by atoms with Crippen LogP contribution in [-0.2, 0) is 10.8 Å². The molecule has 0 aliphatic heterocycles. The van der Waals surface area contributed by atoms with Gasteiger partial charge in [0.2, 0.25) is 0 Å². The Bertz CT molecular complexity index is 445. The molecular weight excluding hydrogens is 326 g/mol. The highest BCUT2D eigenvalue weighted by molar-refractivity contribution is 9.10. The zero-order valence-electron chi connectivity index (χ0n) is 9.83. The minimum atomic E-state index is -0.897. The van der Waals surface area contributed by atoms with Crippen molar-refractivity contribution in [3.63, 3.8) is 0 Å². The molecule has 0 aliphatic rings. The van der Waals surface area contributed by atoms with E-state index in [1.54, 1.807) is 6.26 Å². The van der Waals surface area contributed by atoms with E-state index in [0.29, 0.717) is 22.9 Å². The van der Waals surface area contributed by atoms with E-state index < -0.39 is 10.8 Å². The molecule has 1 rings (SSSR count). The van der Waals surface area contributed by atoms with E-state index in [4.69, 9.17) is 4.74 Å². The third-order valence-corrected chi connectivity index (χ3v) is 5.14. The summed E-state index contributed by atoms with van der Waals surface area (Å²) in [7, 11) is 0.635. The molecule has 1 aromatic heterocycles. The molecule has 0 radical (unpaired) electrons. The molecular formula is C10H14BrNO3S2. The number of ether oxygens (including phenoxy) is 1. The highest BCUT2D eigenvalue weighted by Crippen LogP contribution is 2.38. The minimum Gasteiger partial charge on any atom is -0.494 e. The topological polar surface area (TPSA) is 55.4 Å². The minimum absolute atomic E-state index is 0.189. The van der Waals surface area contributed by atoms with Gasteiger partial charge in [0.25, 0.3) is 5.91 Å². The molecule has 1 aromatic rings. The Hall–Kier alpha value is -0.400. The lowest BCUT2D eigenvalue weighted by atomic mass is 10.4. The Morgan fingerprint density at radius 1 is 1.59 bits per heavy atom. The second-order valence-corrected chi connectivity index (χ2v) is 6.94. The fraction of sp³-hybridized carbons (Fsp3) is 0.500. The number of rotatable bonds is 5. The number of halogens is 1. The van der Waals surface area contributed by atoms with Crippen LogP contribution in [-0.4, -0.2) is 35.8 Å². The van der Waals surface area contributed by atoms with Gasteiger partial charge in [0, 0.05) is 34.2 Å². The second-order valence-electron chi connectivity index (χ2n) is 3.37. The molecule has 4 nitrogen and oxygen atoms in total. The summed E-state index contributed by atoms with van der Waals surface area (Å²) < 4.78 is 16.9. The third-order valence-electron chi connectivity index (χ3n) is 2.06. The van der Waals surface area contributed by atoms with Crippen LogP contribution in [0.5, 0.6) is 5.75 Å². The molecule has 0 saturated heterocycles. The maximum Gasteiger partial charge on any atom is 0.265 e. The van der Waals surface area contributed by atoms with Crippen LogP contribution < -0.4 is 10.1 Å². The number of thiophene rings is 1. The smallest absolute Gasteiger partial charge is 0.265 e. The van der Waals surface area contributed by atoms with E-state index in [2.05, 4.69) is 21.2 Å². The van der Waals surface area contributed by atoms with E-state index in [-0.39, 0.29) is 5.91 Å². The summed E-state index contributed by atoms with van der Waals surface area (Å²) >= 11 is 4.75. The van der Waals surface area contributed by atoms with Gasteiger partial charge in [0.05, 0.1) is 11.6 Å². The van der Waals surface area contributed by atoms with Crippen LogP contribution in [0.25, 0.3) is 0 Å². The molecule has 7 heteroatoms. The molecule has 0 saturated carbocycles.